The van der Waals surface area contributed by atoms with Crippen LogP contribution >= 0.6 is 0 Å². The molecule has 1 fully saturated rings. The predicted octanol–water partition coefficient (Wildman–Crippen LogP) is 0.165. The number of ether oxygens (including phenoxy) is 1. The summed E-state index contributed by atoms with van der Waals surface area (Å²) in [7, 11) is 5.54. The van der Waals surface area contributed by atoms with Crippen molar-refractivity contribution in [3.8, 4) is 0 Å². The first-order chi connectivity index (χ1) is 8.54. The fourth-order valence-corrected chi connectivity index (χ4v) is 2.42. The number of carbonyl (C=O) groups excluding carboxylic acids is 1. The molecule has 1 rings (SSSR count). The van der Waals surface area contributed by atoms with E-state index in [9.17, 15) is 4.79 Å². The van der Waals surface area contributed by atoms with Crippen LogP contribution in [-0.4, -0.2) is 75.2 Å². The Bertz CT molecular complexity index is 261. The highest BCUT2D eigenvalue weighted by Crippen LogP contribution is 2.23. The van der Waals surface area contributed by atoms with Gasteiger partial charge in [-0.2, -0.15) is 0 Å². The molecule has 0 radical (unpaired) electrons. The van der Waals surface area contributed by atoms with Gasteiger partial charge in [-0.1, -0.05) is 6.92 Å². The Hall–Kier alpha value is -0.650. The largest absolute Gasteiger partial charge is 0.468 e. The Labute approximate surface area is 110 Å². The molecule has 0 spiro atoms. The normalized spacial score (nSPS) is 20.1. The van der Waals surface area contributed by atoms with Gasteiger partial charge in [0, 0.05) is 26.2 Å². The number of likely N-dealkylation sites (tertiary alicyclic amines) is 1. The highest BCUT2D eigenvalue weighted by molar-refractivity contribution is 5.81. The molecule has 0 aromatic carbocycles. The first kappa shape index (κ1) is 15.4. The van der Waals surface area contributed by atoms with Gasteiger partial charge in [0.15, 0.2) is 0 Å². The molecule has 1 N–H and O–H groups in total. The molecule has 106 valence electrons. The number of carbonyl (C=O) groups is 1. The predicted molar refractivity (Wildman–Crippen MR) is 72.7 cm³/mol. The zero-order valence-electron chi connectivity index (χ0n) is 12.2. The number of piperidine rings is 1. The van der Waals surface area contributed by atoms with Crippen molar-refractivity contribution in [3.05, 3.63) is 0 Å². The van der Waals surface area contributed by atoms with Crippen molar-refractivity contribution in [2.24, 2.45) is 0 Å². The smallest absolute Gasteiger partial charge is 0.326 e. The summed E-state index contributed by atoms with van der Waals surface area (Å²) in [5.41, 5.74) is -0.476. The molecule has 1 aliphatic heterocycles. The topological polar surface area (TPSA) is 44.8 Å². The summed E-state index contributed by atoms with van der Waals surface area (Å²) in [5, 5.41) is 3.42. The molecule has 0 atom stereocenters. The number of hydrogen-bond donors (Lipinski definition) is 1. The van der Waals surface area contributed by atoms with E-state index in [2.05, 4.69) is 22.0 Å². The summed E-state index contributed by atoms with van der Waals surface area (Å²) in [6, 6.07) is 0. The van der Waals surface area contributed by atoms with Crippen LogP contribution in [0, 0.1) is 0 Å². The average molecular weight is 257 g/mol. The third kappa shape index (κ3) is 3.93. The van der Waals surface area contributed by atoms with Gasteiger partial charge in [-0.05, 0) is 33.5 Å². The average Bonchev–Trinajstić information content (AvgIpc) is 2.38. The van der Waals surface area contributed by atoms with Crippen molar-refractivity contribution < 1.29 is 9.53 Å². The maximum Gasteiger partial charge on any atom is 0.326 e. The molecule has 0 aromatic rings. The number of rotatable bonds is 6. The maximum atomic E-state index is 12.0. The Morgan fingerprint density at radius 2 is 2.00 bits per heavy atom. The van der Waals surface area contributed by atoms with Gasteiger partial charge in [0.1, 0.15) is 5.54 Å². The van der Waals surface area contributed by atoms with Gasteiger partial charge in [0.05, 0.1) is 7.11 Å². The van der Waals surface area contributed by atoms with Crippen molar-refractivity contribution in [2.75, 3.05) is 53.9 Å². The first-order valence-corrected chi connectivity index (χ1v) is 6.74. The summed E-state index contributed by atoms with van der Waals surface area (Å²) < 4.78 is 4.99. The molecule has 0 amide bonds. The molecule has 1 heterocycles. The molecular weight excluding hydrogens is 230 g/mol. The SMILES string of the molecule is CCN1CCC(NCCN(C)C)(C(=O)OC)CC1. The zero-order valence-corrected chi connectivity index (χ0v) is 12.2. The molecule has 0 saturated carbocycles. The Morgan fingerprint density at radius 3 is 2.44 bits per heavy atom. The van der Waals surface area contributed by atoms with Crippen LogP contribution in [0.15, 0.2) is 0 Å². The molecule has 18 heavy (non-hydrogen) atoms. The van der Waals surface area contributed by atoms with Crippen molar-refractivity contribution in [2.45, 2.75) is 25.3 Å². The van der Waals surface area contributed by atoms with Crippen LogP contribution in [0.1, 0.15) is 19.8 Å². The summed E-state index contributed by atoms with van der Waals surface area (Å²) >= 11 is 0. The number of hydrogen-bond acceptors (Lipinski definition) is 5. The van der Waals surface area contributed by atoms with E-state index in [0.29, 0.717) is 0 Å². The fourth-order valence-electron chi connectivity index (χ4n) is 2.42. The van der Waals surface area contributed by atoms with Crippen LogP contribution in [0.25, 0.3) is 0 Å². The van der Waals surface area contributed by atoms with Crippen molar-refractivity contribution >= 4 is 5.97 Å². The number of nitrogens with zero attached hydrogens (tertiary/aromatic N) is 2. The number of likely N-dealkylation sites (N-methyl/N-ethyl adjacent to an activating group) is 1. The third-order valence-electron chi connectivity index (χ3n) is 3.76. The molecule has 0 aliphatic carbocycles. The minimum absolute atomic E-state index is 0.114. The summed E-state index contributed by atoms with van der Waals surface area (Å²) in [5.74, 6) is -0.114. The van der Waals surface area contributed by atoms with Crippen LogP contribution in [0.4, 0.5) is 0 Å². The van der Waals surface area contributed by atoms with E-state index >= 15 is 0 Å². The summed E-state index contributed by atoms with van der Waals surface area (Å²) in [6.07, 6.45) is 1.67. The molecule has 1 aliphatic rings. The second kappa shape index (κ2) is 7.07. The minimum atomic E-state index is -0.476. The van der Waals surface area contributed by atoms with Crippen LogP contribution in [0.5, 0.6) is 0 Å². The highest BCUT2D eigenvalue weighted by atomic mass is 16.5. The fraction of sp³-hybridized carbons (Fsp3) is 0.923. The van der Waals surface area contributed by atoms with Gasteiger partial charge < -0.3 is 19.9 Å². The first-order valence-electron chi connectivity index (χ1n) is 6.74. The van der Waals surface area contributed by atoms with Crippen LogP contribution in [0.2, 0.25) is 0 Å². The summed E-state index contributed by atoms with van der Waals surface area (Å²) in [4.78, 5) is 16.5. The summed E-state index contributed by atoms with van der Waals surface area (Å²) in [6.45, 7) is 6.87. The lowest BCUT2D eigenvalue weighted by molar-refractivity contribution is -0.151. The number of nitrogens with one attached hydrogen (secondary N) is 1. The van der Waals surface area contributed by atoms with E-state index in [0.717, 1.165) is 45.6 Å². The van der Waals surface area contributed by atoms with E-state index < -0.39 is 5.54 Å². The molecule has 0 bridgehead atoms. The van der Waals surface area contributed by atoms with E-state index in [-0.39, 0.29) is 5.97 Å². The second-order valence-corrected chi connectivity index (χ2v) is 5.24. The van der Waals surface area contributed by atoms with Crippen molar-refractivity contribution in [1.82, 2.24) is 15.1 Å². The van der Waals surface area contributed by atoms with Crippen LogP contribution in [0.3, 0.4) is 0 Å². The van der Waals surface area contributed by atoms with Crippen molar-refractivity contribution in [3.63, 3.8) is 0 Å². The zero-order chi connectivity index (χ0) is 13.6. The number of methoxy groups -OCH3 is 1. The Balaban J connectivity index is 2.57. The Morgan fingerprint density at radius 1 is 1.39 bits per heavy atom. The van der Waals surface area contributed by atoms with E-state index in [4.69, 9.17) is 4.74 Å². The van der Waals surface area contributed by atoms with Gasteiger partial charge in [-0.25, -0.2) is 0 Å². The Kier molecular flexibility index (Phi) is 6.05. The lowest BCUT2D eigenvalue weighted by atomic mass is 9.87. The van der Waals surface area contributed by atoms with Gasteiger partial charge in [0.25, 0.3) is 0 Å². The monoisotopic (exact) mass is 257 g/mol. The van der Waals surface area contributed by atoms with Crippen LogP contribution in [-0.2, 0) is 9.53 Å². The van der Waals surface area contributed by atoms with Gasteiger partial charge in [-0.15, -0.1) is 0 Å². The van der Waals surface area contributed by atoms with Gasteiger partial charge in [0.2, 0.25) is 0 Å². The van der Waals surface area contributed by atoms with Crippen molar-refractivity contribution in [1.29, 1.82) is 0 Å². The van der Waals surface area contributed by atoms with Gasteiger partial charge >= 0.3 is 5.97 Å². The maximum absolute atomic E-state index is 12.0. The lowest BCUT2D eigenvalue weighted by Gasteiger charge is -2.40. The quantitative estimate of drug-likeness (QED) is 0.687. The van der Waals surface area contributed by atoms with E-state index in [1.165, 1.54) is 7.11 Å². The standard InChI is InChI=1S/C13H27N3O2/c1-5-16-9-6-13(7-10-16,12(17)18-4)14-8-11-15(2)3/h14H,5-11H2,1-4H3. The molecular formula is C13H27N3O2. The van der Waals surface area contributed by atoms with E-state index in [1.54, 1.807) is 0 Å². The number of esters is 1. The second-order valence-electron chi connectivity index (χ2n) is 5.24. The highest BCUT2D eigenvalue weighted by Gasteiger charge is 2.41. The molecule has 5 heteroatoms. The molecule has 0 aromatic heterocycles. The lowest BCUT2D eigenvalue weighted by Crippen LogP contribution is -2.59. The molecule has 0 unspecified atom stereocenters. The van der Waals surface area contributed by atoms with E-state index in [1.807, 2.05) is 14.1 Å². The minimum Gasteiger partial charge on any atom is -0.468 e. The molecule has 5 nitrogen and oxygen atoms in total. The van der Waals surface area contributed by atoms with Crippen LogP contribution < -0.4 is 5.32 Å². The molecule has 1 saturated heterocycles. The van der Waals surface area contributed by atoms with Gasteiger partial charge in [-0.3, -0.25) is 4.79 Å². The third-order valence-corrected chi connectivity index (χ3v) is 3.76.